The van der Waals surface area contributed by atoms with Crippen LogP contribution in [-0.4, -0.2) is 0 Å². The fourth-order valence-corrected chi connectivity index (χ4v) is 6.79. The van der Waals surface area contributed by atoms with E-state index in [0.29, 0.717) is 0 Å². The van der Waals surface area contributed by atoms with Gasteiger partial charge in [0.1, 0.15) is 0 Å². The fourth-order valence-electron chi connectivity index (χ4n) is 5.71. The first-order valence-electron chi connectivity index (χ1n) is 11.3. The normalized spacial score (nSPS) is 13.0. The minimum absolute atomic E-state index is 0. The molecule has 0 aromatic heterocycles. The summed E-state index contributed by atoms with van der Waals surface area (Å²) >= 11 is 7.71. The fraction of sp³-hybridized carbons (Fsp3) is 0.0968. The summed E-state index contributed by atoms with van der Waals surface area (Å²) in [5.74, 6) is 0. The predicted octanol–water partition coefficient (Wildman–Crippen LogP) is 9.84. The van der Waals surface area contributed by atoms with E-state index in [0.717, 1.165) is 21.8 Å². The van der Waals surface area contributed by atoms with Gasteiger partial charge in [0.25, 0.3) is 0 Å². The smallest absolute Gasteiger partial charge is 0.0681 e. The second-order valence-corrected chi connectivity index (χ2v) is 10.5. The van der Waals surface area contributed by atoms with Gasteiger partial charge in [-0.2, -0.15) is 0 Å². The standard InChI is InChI=1S/C31H22Br2.2ClH.Zr/c32-25-15-16-26-21(19-25)20-28-27(26)17-18-29(33)30(28)31(24-13-7-8-14-24,22-9-3-1-4-10-22)23-11-5-2-6-12-23;;;/h1-13,15-19H,14,20H2;2*1H;. The van der Waals surface area contributed by atoms with Crippen LogP contribution < -0.4 is 0 Å². The largest absolute Gasteiger partial charge is 0.147 e. The molecule has 4 aromatic rings. The summed E-state index contributed by atoms with van der Waals surface area (Å²) in [6, 6.07) is 33.2. The van der Waals surface area contributed by atoms with E-state index in [9.17, 15) is 0 Å². The number of fused-ring (bicyclic) bond motifs is 3. The van der Waals surface area contributed by atoms with Crippen molar-refractivity contribution in [2.75, 3.05) is 0 Å². The molecule has 0 aliphatic heterocycles. The van der Waals surface area contributed by atoms with E-state index in [-0.39, 0.29) is 56.4 Å². The quantitative estimate of drug-likeness (QED) is 0.163. The zero-order valence-electron chi connectivity index (χ0n) is 19.4. The molecule has 6 rings (SSSR count). The zero-order valence-corrected chi connectivity index (χ0v) is 26.6. The Kier molecular flexibility index (Phi) is 9.86. The molecule has 0 atom stereocenters. The van der Waals surface area contributed by atoms with Crippen molar-refractivity contribution >= 4 is 56.7 Å². The van der Waals surface area contributed by atoms with Gasteiger partial charge in [0.2, 0.25) is 0 Å². The third-order valence-corrected chi connectivity index (χ3v) is 8.18. The van der Waals surface area contributed by atoms with Crippen molar-refractivity contribution in [1.29, 1.82) is 0 Å². The average Bonchev–Trinajstić information content (AvgIpc) is 3.50. The van der Waals surface area contributed by atoms with E-state index >= 15 is 0 Å². The second kappa shape index (κ2) is 12.1. The Hall–Kier alpha value is -1.22. The molecular formula is C31H24Br2Cl2Zr. The van der Waals surface area contributed by atoms with Crippen LogP contribution in [0, 0.1) is 0 Å². The van der Waals surface area contributed by atoms with Crippen LogP contribution in [0.15, 0.2) is 124 Å². The second-order valence-electron chi connectivity index (χ2n) is 8.73. The minimum Gasteiger partial charge on any atom is -0.147 e. The van der Waals surface area contributed by atoms with Crippen molar-refractivity contribution in [3.8, 4) is 11.1 Å². The van der Waals surface area contributed by atoms with Crippen LogP contribution in [0.2, 0.25) is 0 Å². The molecule has 2 aliphatic carbocycles. The summed E-state index contributed by atoms with van der Waals surface area (Å²) in [6.07, 6.45) is 8.68. The number of halogens is 4. The molecule has 4 aromatic carbocycles. The molecule has 0 saturated carbocycles. The molecule has 0 amide bonds. The maximum atomic E-state index is 4.03. The molecule has 0 radical (unpaired) electrons. The van der Waals surface area contributed by atoms with Crippen molar-refractivity contribution < 1.29 is 26.2 Å². The van der Waals surface area contributed by atoms with E-state index < -0.39 is 0 Å². The minimum atomic E-state index is -0.379. The van der Waals surface area contributed by atoms with Gasteiger partial charge in [-0.3, -0.25) is 0 Å². The first kappa shape index (κ1) is 29.3. The van der Waals surface area contributed by atoms with Gasteiger partial charge in [-0.25, -0.2) is 0 Å². The Morgan fingerprint density at radius 2 is 1.31 bits per heavy atom. The van der Waals surface area contributed by atoms with Gasteiger partial charge in [0.05, 0.1) is 5.41 Å². The molecule has 180 valence electrons. The van der Waals surface area contributed by atoms with Gasteiger partial charge in [-0.15, -0.1) is 24.8 Å². The maximum Gasteiger partial charge on any atom is 0.0681 e. The number of hydrogen-bond donors (Lipinski definition) is 0. The van der Waals surface area contributed by atoms with Gasteiger partial charge in [0.15, 0.2) is 0 Å². The number of allylic oxidation sites excluding steroid dienone is 4. The van der Waals surface area contributed by atoms with Gasteiger partial charge < -0.3 is 0 Å². The third-order valence-electron chi connectivity index (χ3n) is 7.03. The molecule has 0 spiro atoms. The van der Waals surface area contributed by atoms with Crippen LogP contribution in [0.5, 0.6) is 0 Å². The van der Waals surface area contributed by atoms with Crippen molar-refractivity contribution in [3.05, 3.63) is 152 Å². The topological polar surface area (TPSA) is 0 Å². The summed E-state index contributed by atoms with van der Waals surface area (Å²) in [6.45, 7) is 0. The van der Waals surface area contributed by atoms with Gasteiger partial charge in [-0.1, -0.05) is 123 Å². The summed E-state index contributed by atoms with van der Waals surface area (Å²) in [4.78, 5) is 0. The van der Waals surface area contributed by atoms with Crippen LogP contribution in [-0.2, 0) is 38.0 Å². The van der Waals surface area contributed by atoms with Crippen molar-refractivity contribution in [3.63, 3.8) is 0 Å². The van der Waals surface area contributed by atoms with Crippen LogP contribution in [0.25, 0.3) is 11.1 Å². The Labute approximate surface area is 261 Å². The SMILES string of the molecule is Brc1ccc2c(c1)Cc1c-2ccc(Br)c1C(C1=CC=CC1)(c1ccccc1)c1ccccc1.Cl.Cl.[Zr]. The zero-order chi connectivity index (χ0) is 22.4. The first-order valence-corrected chi connectivity index (χ1v) is 12.9. The van der Waals surface area contributed by atoms with E-state index in [1.807, 2.05) is 0 Å². The Morgan fingerprint density at radius 3 is 1.89 bits per heavy atom. The van der Waals surface area contributed by atoms with Crippen molar-refractivity contribution in [1.82, 2.24) is 0 Å². The number of benzene rings is 4. The van der Waals surface area contributed by atoms with Gasteiger partial charge in [-0.05, 0) is 75.6 Å². The van der Waals surface area contributed by atoms with Crippen LogP contribution >= 0.6 is 56.7 Å². The third kappa shape index (κ3) is 4.72. The van der Waals surface area contributed by atoms with Crippen LogP contribution in [0.3, 0.4) is 0 Å². The van der Waals surface area contributed by atoms with Crippen LogP contribution in [0.1, 0.15) is 34.2 Å². The Balaban J connectivity index is 0.00000120. The molecule has 0 heterocycles. The van der Waals surface area contributed by atoms with Gasteiger partial charge in [0, 0.05) is 35.1 Å². The van der Waals surface area contributed by atoms with Crippen LogP contribution in [0.4, 0.5) is 0 Å². The average molecular weight is 718 g/mol. The van der Waals surface area contributed by atoms with E-state index in [4.69, 9.17) is 0 Å². The van der Waals surface area contributed by atoms with E-state index in [2.05, 4.69) is 141 Å². The summed E-state index contributed by atoms with van der Waals surface area (Å²) < 4.78 is 2.29. The molecule has 0 N–H and O–H groups in total. The molecule has 0 unspecified atom stereocenters. The van der Waals surface area contributed by atoms with Gasteiger partial charge >= 0.3 is 0 Å². The summed E-state index contributed by atoms with van der Waals surface area (Å²) in [5.41, 5.74) is 10.5. The molecule has 0 saturated heterocycles. The molecular weight excluding hydrogens is 694 g/mol. The maximum absolute atomic E-state index is 4.03. The summed E-state index contributed by atoms with van der Waals surface area (Å²) in [7, 11) is 0. The molecule has 5 heteroatoms. The van der Waals surface area contributed by atoms with Crippen molar-refractivity contribution in [2.45, 2.75) is 18.3 Å². The monoisotopic (exact) mass is 714 g/mol. The molecule has 0 fully saturated rings. The molecule has 0 bridgehead atoms. The Bertz CT molecular complexity index is 1390. The molecule has 0 nitrogen and oxygen atoms in total. The number of hydrogen-bond acceptors (Lipinski definition) is 0. The van der Waals surface area contributed by atoms with Crippen molar-refractivity contribution in [2.24, 2.45) is 0 Å². The van der Waals surface area contributed by atoms with E-state index in [1.54, 1.807) is 0 Å². The molecule has 36 heavy (non-hydrogen) atoms. The van der Waals surface area contributed by atoms with E-state index in [1.165, 1.54) is 44.5 Å². The molecule has 2 aliphatic rings. The first-order chi connectivity index (χ1) is 16.2. The predicted molar refractivity (Wildman–Crippen MR) is 159 cm³/mol. The Morgan fingerprint density at radius 1 is 0.694 bits per heavy atom. The summed E-state index contributed by atoms with van der Waals surface area (Å²) in [5, 5.41) is 0. The number of rotatable bonds is 4.